The predicted octanol–water partition coefficient (Wildman–Crippen LogP) is 1.70. The van der Waals surface area contributed by atoms with Crippen molar-refractivity contribution < 1.29 is 19.8 Å². The zero-order valence-electron chi connectivity index (χ0n) is 12.7. The summed E-state index contributed by atoms with van der Waals surface area (Å²) in [6.07, 6.45) is 0.912. The Morgan fingerprint density at radius 3 is 2.24 bits per heavy atom. The van der Waals surface area contributed by atoms with E-state index in [1.165, 1.54) is 0 Å². The Hall–Kier alpha value is -1.88. The molecule has 0 saturated heterocycles. The first-order valence-electron chi connectivity index (χ1n) is 6.93. The second kappa shape index (κ2) is 6.72. The Bertz CT molecular complexity index is 494. The summed E-state index contributed by atoms with van der Waals surface area (Å²) >= 11 is 0. The summed E-state index contributed by atoms with van der Waals surface area (Å²) in [5, 5.41) is 20.8. The highest BCUT2D eigenvalue weighted by Crippen LogP contribution is 2.27. The van der Waals surface area contributed by atoms with Gasteiger partial charge in [0.05, 0.1) is 6.54 Å². The Morgan fingerprint density at radius 1 is 1.14 bits per heavy atom. The van der Waals surface area contributed by atoms with E-state index in [4.69, 9.17) is 5.11 Å². The van der Waals surface area contributed by atoms with E-state index in [1.807, 2.05) is 30.3 Å². The molecule has 1 atom stereocenters. The van der Waals surface area contributed by atoms with Crippen LogP contribution in [0.5, 0.6) is 0 Å². The lowest BCUT2D eigenvalue weighted by molar-refractivity contribution is -0.156. The van der Waals surface area contributed by atoms with Crippen LogP contribution in [0.1, 0.15) is 39.2 Å². The van der Waals surface area contributed by atoms with Crippen LogP contribution in [0.2, 0.25) is 0 Å². The van der Waals surface area contributed by atoms with Crippen LogP contribution in [-0.2, 0) is 15.0 Å². The van der Waals surface area contributed by atoms with E-state index in [0.717, 1.165) is 12.5 Å². The van der Waals surface area contributed by atoms with Gasteiger partial charge in [0.25, 0.3) is 0 Å². The summed E-state index contributed by atoms with van der Waals surface area (Å²) in [5.74, 6) is -1.62. The summed E-state index contributed by atoms with van der Waals surface area (Å²) in [5.41, 5.74) is -0.936. The highest BCUT2D eigenvalue weighted by molar-refractivity contribution is 5.80. The van der Waals surface area contributed by atoms with Crippen molar-refractivity contribution in [3.63, 3.8) is 0 Å². The lowest BCUT2D eigenvalue weighted by Gasteiger charge is -2.25. The van der Waals surface area contributed by atoms with E-state index in [0.29, 0.717) is 6.42 Å². The molecule has 0 fully saturated rings. The molecule has 0 aromatic heterocycles. The fourth-order valence-electron chi connectivity index (χ4n) is 1.89. The number of carboxylic acids is 1. The van der Waals surface area contributed by atoms with Crippen LogP contribution in [-0.4, -0.2) is 34.2 Å². The molecule has 1 unspecified atom stereocenters. The zero-order chi connectivity index (χ0) is 16.1. The minimum absolute atomic E-state index is 0.145. The summed E-state index contributed by atoms with van der Waals surface area (Å²) in [7, 11) is 0. The third-order valence-electron chi connectivity index (χ3n) is 3.62. The Kier molecular flexibility index (Phi) is 5.49. The molecule has 5 heteroatoms. The molecular formula is C16H23NO4. The molecule has 0 heterocycles. The van der Waals surface area contributed by atoms with Crippen LogP contribution in [0.15, 0.2) is 30.3 Å². The van der Waals surface area contributed by atoms with Crippen LogP contribution >= 0.6 is 0 Å². The van der Waals surface area contributed by atoms with Gasteiger partial charge in [0, 0.05) is 6.42 Å². The van der Waals surface area contributed by atoms with Gasteiger partial charge in [0.2, 0.25) is 5.91 Å². The number of carbonyl (C=O) groups excluding carboxylic acids is 1. The normalized spacial score (nSPS) is 14.3. The molecule has 1 aromatic carbocycles. The van der Waals surface area contributed by atoms with Crippen molar-refractivity contribution >= 4 is 11.9 Å². The van der Waals surface area contributed by atoms with Gasteiger partial charge >= 0.3 is 5.97 Å². The standard InChI is InChI=1S/C16H23NO4/c1-15(2,12-7-5-4-6-8-12)10-9-13(18)17-11-16(3,21)14(19)20/h4-8,21H,9-11H2,1-3H3,(H,17,18)(H,19,20). The predicted molar refractivity (Wildman–Crippen MR) is 80.0 cm³/mol. The Labute approximate surface area is 125 Å². The van der Waals surface area contributed by atoms with E-state index in [1.54, 1.807) is 0 Å². The first-order chi connectivity index (χ1) is 9.65. The van der Waals surface area contributed by atoms with E-state index in [9.17, 15) is 14.7 Å². The fraction of sp³-hybridized carbons (Fsp3) is 0.500. The zero-order valence-corrected chi connectivity index (χ0v) is 12.7. The van der Waals surface area contributed by atoms with Crippen molar-refractivity contribution in [3.8, 4) is 0 Å². The smallest absolute Gasteiger partial charge is 0.337 e. The molecule has 0 aliphatic carbocycles. The van der Waals surface area contributed by atoms with E-state index in [2.05, 4.69) is 19.2 Å². The molecule has 0 radical (unpaired) electrons. The summed E-state index contributed by atoms with van der Waals surface area (Å²) in [4.78, 5) is 22.5. The molecule has 0 saturated carbocycles. The SMILES string of the molecule is CC(O)(CNC(=O)CCC(C)(C)c1ccccc1)C(=O)O. The van der Waals surface area contributed by atoms with Crippen LogP contribution in [0.4, 0.5) is 0 Å². The number of nitrogens with one attached hydrogen (secondary N) is 1. The lowest BCUT2D eigenvalue weighted by Crippen LogP contribution is -2.46. The molecular weight excluding hydrogens is 270 g/mol. The molecule has 1 amide bonds. The summed E-state index contributed by atoms with van der Waals surface area (Å²) < 4.78 is 0. The van der Waals surface area contributed by atoms with Crippen LogP contribution in [0, 0.1) is 0 Å². The Balaban J connectivity index is 2.48. The number of carboxylic acid groups (broad SMARTS) is 1. The number of carbonyl (C=O) groups is 2. The number of hydrogen-bond acceptors (Lipinski definition) is 3. The van der Waals surface area contributed by atoms with Gasteiger partial charge in [0.15, 0.2) is 5.60 Å². The van der Waals surface area contributed by atoms with Gasteiger partial charge in [-0.15, -0.1) is 0 Å². The summed E-state index contributed by atoms with van der Waals surface area (Å²) in [6, 6.07) is 9.91. The van der Waals surface area contributed by atoms with Gasteiger partial charge in [-0.3, -0.25) is 4.79 Å². The van der Waals surface area contributed by atoms with Gasteiger partial charge in [-0.25, -0.2) is 4.79 Å². The minimum Gasteiger partial charge on any atom is -0.479 e. The van der Waals surface area contributed by atoms with Crippen LogP contribution < -0.4 is 5.32 Å². The van der Waals surface area contributed by atoms with Gasteiger partial charge < -0.3 is 15.5 Å². The second-order valence-electron chi connectivity index (χ2n) is 6.11. The number of amides is 1. The van der Waals surface area contributed by atoms with Gasteiger partial charge in [-0.1, -0.05) is 44.2 Å². The van der Waals surface area contributed by atoms with Crippen molar-refractivity contribution in [2.45, 2.75) is 44.6 Å². The molecule has 1 rings (SSSR count). The third-order valence-corrected chi connectivity index (χ3v) is 3.62. The van der Waals surface area contributed by atoms with Crippen LogP contribution in [0.3, 0.4) is 0 Å². The first-order valence-corrected chi connectivity index (χ1v) is 6.93. The maximum absolute atomic E-state index is 11.8. The fourth-order valence-corrected chi connectivity index (χ4v) is 1.89. The number of rotatable bonds is 7. The average Bonchev–Trinajstić information content (AvgIpc) is 2.44. The average molecular weight is 293 g/mol. The number of hydrogen-bond donors (Lipinski definition) is 3. The molecule has 116 valence electrons. The number of aliphatic hydroxyl groups is 1. The lowest BCUT2D eigenvalue weighted by atomic mass is 9.80. The molecule has 3 N–H and O–H groups in total. The van der Waals surface area contributed by atoms with E-state index in [-0.39, 0.29) is 24.3 Å². The van der Waals surface area contributed by atoms with Gasteiger partial charge in [-0.05, 0) is 24.3 Å². The molecule has 21 heavy (non-hydrogen) atoms. The molecule has 5 nitrogen and oxygen atoms in total. The van der Waals surface area contributed by atoms with Crippen molar-refractivity contribution in [1.82, 2.24) is 5.32 Å². The minimum atomic E-state index is -1.94. The highest BCUT2D eigenvalue weighted by Gasteiger charge is 2.30. The van der Waals surface area contributed by atoms with Crippen molar-refractivity contribution in [2.75, 3.05) is 6.54 Å². The molecule has 0 aliphatic heterocycles. The van der Waals surface area contributed by atoms with Crippen molar-refractivity contribution in [2.24, 2.45) is 0 Å². The maximum Gasteiger partial charge on any atom is 0.337 e. The quantitative estimate of drug-likeness (QED) is 0.714. The second-order valence-corrected chi connectivity index (χ2v) is 6.11. The van der Waals surface area contributed by atoms with E-state index >= 15 is 0 Å². The van der Waals surface area contributed by atoms with Gasteiger partial charge in [-0.2, -0.15) is 0 Å². The number of benzene rings is 1. The van der Waals surface area contributed by atoms with Crippen LogP contribution in [0.25, 0.3) is 0 Å². The molecule has 0 bridgehead atoms. The maximum atomic E-state index is 11.8. The molecule has 0 aliphatic rings. The first kappa shape index (κ1) is 17.2. The summed E-state index contributed by atoms with van der Waals surface area (Å²) in [6.45, 7) is 4.97. The Morgan fingerprint density at radius 2 is 1.71 bits per heavy atom. The topological polar surface area (TPSA) is 86.6 Å². The third kappa shape index (κ3) is 5.19. The number of aliphatic carboxylic acids is 1. The van der Waals surface area contributed by atoms with Gasteiger partial charge in [0.1, 0.15) is 0 Å². The largest absolute Gasteiger partial charge is 0.479 e. The monoisotopic (exact) mass is 293 g/mol. The van der Waals surface area contributed by atoms with Crippen molar-refractivity contribution in [1.29, 1.82) is 0 Å². The highest BCUT2D eigenvalue weighted by atomic mass is 16.4. The van der Waals surface area contributed by atoms with E-state index < -0.39 is 11.6 Å². The molecule has 0 spiro atoms. The van der Waals surface area contributed by atoms with Crippen molar-refractivity contribution in [3.05, 3.63) is 35.9 Å². The molecule has 1 aromatic rings.